The number of likely N-dealkylation sites (tertiary alicyclic amines) is 1. The highest BCUT2D eigenvalue weighted by atomic mass is 32.1. The maximum Gasteiger partial charge on any atom is 0.328 e. The summed E-state index contributed by atoms with van der Waals surface area (Å²) in [7, 11) is 0. The number of H-pyrrole nitrogens is 1. The lowest BCUT2D eigenvalue weighted by molar-refractivity contribution is 0.298. The third kappa shape index (κ3) is 3.46. The minimum absolute atomic E-state index is 0.145. The van der Waals surface area contributed by atoms with Crippen LogP contribution < -0.4 is 11.2 Å². The van der Waals surface area contributed by atoms with Gasteiger partial charge in [-0.2, -0.15) is 11.3 Å². The standard InChI is InChI=1S/C23H24FN3O2S/c24-18-2-3-20-16(12-18)4-6-23(20)7-10-26(15-23)8-1-9-27-13-19(17-5-11-30-14-17)21(28)25-22(27)29/h2-3,5,11-14H,1,4,6-10,15H2,(H,25,28,29). The maximum absolute atomic E-state index is 13.6. The lowest BCUT2D eigenvalue weighted by Gasteiger charge is -2.25. The number of aromatic nitrogens is 2. The number of benzene rings is 1. The predicted molar refractivity (Wildman–Crippen MR) is 117 cm³/mol. The van der Waals surface area contributed by atoms with E-state index in [2.05, 4.69) is 9.88 Å². The molecular weight excluding hydrogens is 401 g/mol. The quantitative estimate of drug-likeness (QED) is 0.682. The van der Waals surface area contributed by atoms with Crippen molar-refractivity contribution in [2.24, 2.45) is 0 Å². The van der Waals surface area contributed by atoms with E-state index in [1.54, 1.807) is 22.9 Å². The van der Waals surface area contributed by atoms with Crippen molar-refractivity contribution in [3.05, 3.63) is 79.0 Å². The highest BCUT2D eigenvalue weighted by Gasteiger charge is 2.43. The second-order valence-electron chi connectivity index (χ2n) is 8.47. The van der Waals surface area contributed by atoms with Gasteiger partial charge in [0.15, 0.2) is 0 Å². The van der Waals surface area contributed by atoms with Gasteiger partial charge in [0.1, 0.15) is 5.82 Å². The van der Waals surface area contributed by atoms with E-state index in [0.29, 0.717) is 12.1 Å². The van der Waals surface area contributed by atoms with E-state index in [-0.39, 0.29) is 22.5 Å². The van der Waals surface area contributed by atoms with E-state index in [1.807, 2.05) is 22.9 Å². The number of fused-ring (bicyclic) bond motifs is 2. The molecule has 1 spiro atoms. The van der Waals surface area contributed by atoms with Crippen LogP contribution in [0.1, 0.15) is 30.4 Å². The van der Waals surface area contributed by atoms with Gasteiger partial charge >= 0.3 is 5.69 Å². The smallest absolute Gasteiger partial charge is 0.302 e. The number of aryl methyl sites for hydroxylation is 2. The Morgan fingerprint density at radius 1 is 1.17 bits per heavy atom. The topological polar surface area (TPSA) is 58.1 Å². The van der Waals surface area contributed by atoms with Gasteiger partial charge in [0, 0.05) is 24.7 Å². The van der Waals surface area contributed by atoms with Crippen molar-refractivity contribution in [1.82, 2.24) is 14.5 Å². The zero-order valence-electron chi connectivity index (χ0n) is 16.7. The highest BCUT2D eigenvalue weighted by Crippen LogP contribution is 2.45. The average molecular weight is 426 g/mol. The lowest BCUT2D eigenvalue weighted by atomic mass is 9.81. The number of thiophene rings is 1. The first-order chi connectivity index (χ1) is 14.5. The molecule has 1 aromatic carbocycles. The van der Waals surface area contributed by atoms with Crippen molar-refractivity contribution >= 4 is 11.3 Å². The summed E-state index contributed by atoms with van der Waals surface area (Å²) < 4.78 is 15.2. The van der Waals surface area contributed by atoms with Crippen LogP contribution in [0, 0.1) is 5.82 Å². The Balaban J connectivity index is 1.24. The van der Waals surface area contributed by atoms with Crippen molar-refractivity contribution < 1.29 is 4.39 Å². The van der Waals surface area contributed by atoms with Gasteiger partial charge in [-0.25, -0.2) is 9.18 Å². The molecule has 2 aromatic heterocycles. The second kappa shape index (κ2) is 7.63. The first-order valence-corrected chi connectivity index (χ1v) is 11.4. The van der Waals surface area contributed by atoms with Gasteiger partial charge < -0.3 is 4.90 Å². The van der Waals surface area contributed by atoms with Crippen LogP contribution in [0.15, 0.2) is 50.8 Å². The van der Waals surface area contributed by atoms with Crippen LogP contribution in [0.3, 0.4) is 0 Å². The van der Waals surface area contributed by atoms with Gasteiger partial charge in [0.2, 0.25) is 0 Å². The summed E-state index contributed by atoms with van der Waals surface area (Å²) in [6.07, 6.45) is 5.66. The SMILES string of the molecule is O=c1[nH]c(=O)n(CCCN2CCC3(CCc4cc(F)ccc43)C2)cc1-c1ccsc1. The second-order valence-corrected chi connectivity index (χ2v) is 9.25. The average Bonchev–Trinajstić information content (AvgIpc) is 3.45. The summed E-state index contributed by atoms with van der Waals surface area (Å²) in [5.74, 6) is -0.145. The summed E-state index contributed by atoms with van der Waals surface area (Å²) in [4.78, 5) is 29.3. The molecule has 0 saturated carbocycles. The van der Waals surface area contributed by atoms with E-state index >= 15 is 0 Å². The van der Waals surface area contributed by atoms with Gasteiger partial charge in [-0.15, -0.1) is 0 Å². The van der Waals surface area contributed by atoms with E-state index < -0.39 is 0 Å². The first kappa shape index (κ1) is 19.5. The number of aromatic amines is 1. The van der Waals surface area contributed by atoms with Crippen LogP contribution >= 0.6 is 11.3 Å². The fourth-order valence-electron chi connectivity index (χ4n) is 5.13. The molecule has 1 aliphatic carbocycles. The molecular formula is C23H24FN3O2S. The molecule has 5 nitrogen and oxygen atoms in total. The molecule has 7 heteroatoms. The van der Waals surface area contributed by atoms with Crippen molar-refractivity contribution in [3.8, 4) is 11.1 Å². The molecule has 0 bridgehead atoms. The molecule has 1 N–H and O–H groups in total. The monoisotopic (exact) mass is 425 g/mol. The number of nitrogens with zero attached hydrogens (tertiary/aromatic N) is 2. The van der Waals surface area contributed by atoms with Gasteiger partial charge in [-0.05, 0) is 84.4 Å². The van der Waals surface area contributed by atoms with Crippen LogP contribution in [0.2, 0.25) is 0 Å². The number of halogens is 1. The summed E-state index contributed by atoms with van der Waals surface area (Å²) >= 11 is 1.53. The number of hydrogen-bond donors (Lipinski definition) is 1. The van der Waals surface area contributed by atoms with Gasteiger partial charge in [-0.1, -0.05) is 6.07 Å². The first-order valence-electron chi connectivity index (χ1n) is 10.4. The Morgan fingerprint density at radius 2 is 2.07 bits per heavy atom. The maximum atomic E-state index is 13.6. The Hall–Kier alpha value is -2.51. The molecule has 0 radical (unpaired) electrons. The summed E-state index contributed by atoms with van der Waals surface area (Å²) in [6.45, 7) is 3.49. The zero-order chi connectivity index (χ0) is 20.7. The Kier molecular flexibility index (Phi) is 4.95. The molecule has 3 heterocycles. The Bertz CT molecular complexity index is 1180. The van der Waals surface area contributed by atoms with Crippen molar-refractivity contribution in [2.45, 2.75) is 37.6 Å². The molecule has 156 valence electrons. The molecule has 1 atom stereocenters. The van der Waals surface area contributed by atoms with Crippen LogP contribution in [-0.4, -0.2) is 34.1 Å². The van der Waals surface area contributed by atoms with Crippen LogP contribution in [-0.2, 0) is 18.4 Å². The largest absolute Gasteiger partial charge is 0.328 e. The van der Waals surface area contributed by atoms with Crippen LogP contribution in [0.4, 0.5) is 4.39 Å². The molecule has 0 amide bonds. The summed E-state index contributed by atoms with van der Waals surface area (Å²) in [5.41, 5.74) is 3.32. The molecule has 1 unspecified atom stereocenters. The molecule has 1 saturated heterocycles. The Labute approximate surface area is 177 Å². The van der Waals surface area contributed by atoms with Crippen LogP contribution in [0.25, 0.3) is 11.1 Å². The molecule has 2 aliphatic rings. The fraction of sp³-hybridized carbons (Fsp3) is 0.391. The number of nitrogens with one attached hydrogen (secondary N) is 1. The molecule has 5 rings (SSSR count). The van der Waals surface area contributed by atoms with Crippen LogP contribution in [0.5, 0.6) is 0 Å². The third-order valence-electron chi connectivity index (χ3n) is 6.66. The van der Waals surface area contributed by atoms with Crippen molar-refractivity contribution in [1.29, 1.82) is 0 Å². The highest BCUT2D eigenvalue weighted by molar-refractivity contribution is 7.08. The number of rotatable bonds is 5. The number of hydrogen-bond acceptors (Lipinski definition) is 4. The van der Waals surface area contributed by atoms with E-state index in [1.165, 1.54) is 16.9 Å². The molecule has 1 fully saturated rings. The summed E-state index contributed by atoms with van der Waals surface area (Å²) in [6, 6.07) is 7.15. The lowest BCUT2D eigenvalue weighted by Crippen LogP contribution is -2.32. The third-order valence-corrected chi connectivity index (χ3v) is 7.34. The minimum atomic E-state index is -0.358. The van der Waals surface area contributed by atoms with E-state index in [9.17, 15) is 14.0 Å². The van der Waals surface area contributed by atoms with Gasteiger partial charge in [0.25, 0.3) is 5.56 Å². The Morgan fingerprint density at radius 3 is 2.90 bits per heavy atom. The van der Waals surface area contributed by atoms with E-state index in [4.69, 9.17) is 0 Å². The van der Waals surface area contributed by atoms with Gasteiger partial charge in [0.05, 0.1) is 5.56 Å². The predicted octanol–water partition coefficient (Wildman–Crippen LogP) is 3.38. The minimum Gasteiger partial charge on any atom is -0.302 e. The molecule has 30 heavy (non-hydrogen) atoms. The van der Waals surface area contributed by atoms with Crippen molar-refractivity contribution in [2.75, 3.05) is 19.6 Å². The summed E-state index contributed by atoms with van der Waals surface area (Å²) in [5, 5.41) is 3.83. The normalized spacial score (nSPS) is 20.8. The molecule has 3 aromatic rings. The fourth-order valence-corrected chi connectivity index (χ4v) is 5.79. The van der Waals surface area contributed by atoms with E-state index in [0.717, 1.165) is 56.4 Å². The van der Waals surface area contributed by atoms with Crippen molar-refractivity contribution in [3.63, 3.8) is 0 Å². The zero-order valence-corrected chi connectivity index (χ0v) is 17.5. The molecule has 1 aliphatic heterocycles. The van der Waals surface area contributed by atoms with Gasteiger partial charge in [-0.3, -0.25) is 14.3 Å².